The van der Waals surface area contributed by atoms with Crippen molar-refractivity contribution in [3.8, 4) is 0 Å². The predicted molar refractivity (Wildman–Crippen MR) is 69.5 cm³/mol. The van der Waals surface area contributed by atoms with Gasteiger partial charge in [0.1, 0.15) is 0 Å². The molecule has 2 atom stereocenters. The van der Waals surface area contributed by atoms with Gasteiger partial charge in [-0.1, -0.05) is 44.5 Å². The average molecular weight is 215 g/mol. The van der Waals surface area contributed by atoms with Crippen LogP contribution in [0.25, 0.3) is 4.85 Å². The monoisotopic (exact) mass is 215 g/mol. The molecule has 0 spiro atoms. The van der Waals surface area contributed by atoms with Crippen LogP contribution < -0.4 is 0 Å². The summed E-state index contributed by atoms with van der Waals surface area (Å²) in [6.07, 6.45) is 3.67. The SMILES string of the molecule is [C-]#[N+]C(C)C(C)c1ccc(CCCC)cc1. The highest BCUT2D eigenvalue weighted by atomic mass is 14.7. The maximum Gasteiger partial charge on any atom is 0.227 e. The van der Waals surface area contributed by atoms with Crippen LogP contribution in [-0.2, 0) is 6.42 Å². The van der Waals surface area contributed by atoms with Crippen molar-refractivity contribution >= 4 is 0 Å². The normalized spacial score (nSPS) is 14.1. The van der Waals surface area contributed by atoms with Crippen LogP contribution in [0.4, 0.5) is 0 Å². The van der Waals surface area contributed by atoms with E-state index in [4.69, 9.17) is 6.57 Å². The summed E-state index contributed by atoms with van der Waals surface area (Å²) in [5.41, 5.74) is 2.69. The molecule has 2 unspecified atom stereocenters. The average Bonchev–Trinajstić information content (AvgIpc) is 2.35. The first kappa shape index (κ1) is 12.8. The van der Waals surface area contributed by atoms with Crippen LogP contribution in [0.1, 0.15) is 50.7 Å². The van der Waals surface area contributed by atoms with Gasteiger partial charge in [0.15, 0.2) is 0 Å². The van der Waals surface area contributed by atoms with Crippen molar-refractivity contribution in [1.29, 1.82) is 0 Å². The summed E-state index contributed by atoms with van der Waals surface area (Å²) >= 11 is 0. The number of benzene rings is 1. The van der Waals surface area contributed by atoms with E-state index in [1.54, 1.807) is 0 Å². The summed E-state index contributed by atoms with van der Waals surface area (Å²) < 4.78 is 0. The topological polar surface area (TPSA) is 4.36 Å². The second-order valence-corrected chi connectivity index (χ2v) is 4.50. The summed E-state index contributed by atoms with van der Waals surface area (Å²) in [6.45, 7) is 13.4. The van der Waals surface area contributed by atoms with E-state index in [9.17, 15) is 0 Å². The van der Waals surface area contributed by atoms with Gasteiger partial charge in [0, 0.05) is 6.92 Å². The highest BCUT2D eigenvalue weighted by Crippen LogP contribution is 2.22. The first-order valence-electron chi connectivity index (χ1n) is 6.14. The number of aryl methyl sites for hydroxylation is 1. The van der Waals surface area contributed by atoms with Gasteiger partial charge in [0.05, 0.1) is 5.92 Å². The molecule has 1 nitrogen and oxygen atoms in total. The Morgan fingerprint density at radius 1 is 1.19 bits per heavy atom. The molecule has 1 aromatic carbocycles. The first-order valence-corrected chi connectivity index (χ1v) is 6.14. The molecule has 0 bridgehead atoms. The van der Waals surface area contributed by atoms with Gasteiger partial charge in [-0.25, -0.2) is 6.57 Å². The van der Waals surface area contributed by atoms with Crippen LogP contribution in [0.2, 0.25) is 0 Å². The van der Waals surface area contributed by atoms with Gasteiger partial charge in [-0.3, -0.25) is 0 Å². The molecule has 0 radical (unpaired) electrons. The zero-order valence-corrected chi connectivity index (χ0v) is 10.5. The molecule has 0 amide bonds. The van der Waals surface area contributed by atoms with Crippen molar-refractivity contribution in [2.45, 2.75) is 52.0 Å². The lowest BCUT2D eigenvalue weighted by Crippen LogP contribution is -2.07. The van der Waals surface area contributed by atoms with Crippen molar-refractivity contribution in [2.75, 3.05) is 0 Å². The zero-order valence-electron chi connectivity index (χ0n) is 10.5. The van der Waals surface area contributed by atoms with E-state index in [0.717, 1.165) is 0 Å². The fourth-order valence-corrected chi connectivity index (χ4v) is 1.76. The molecule has 1 rings (SSSR count). The number of hydrogen-bond donors (Lipinski definition) is 0. The standard InChI is InChI=1S/C15H21N/c1-5-6-7-14-8-10-15(11-9-14)12(2)13(3)16-4/h8-13H,5-7H2,1-3H3. The zero-order chi connectivity index (χ0) is 12.0. The molecule has 0 saturated heterocycles. The van der Waals surface area contributed by atoms with Gasteiger partial charge in [0.25, 0.3) is 0 Å². The predicted octanol–water partition coefficient (Wildman–Crippen LogP) is 4.44. The van der Waals surface area contributed by atoms with E-state index in [2.05, 4.69) is 43.0 Å². The minimum atomic E-state index is 0.0708. The van der Waals surface area contributed by atoms with Crippen LogP contribution in [0, 0.1) is 6.57 Å². The van der Waals surface area contributed by atoms with Gasteiger partial charge in [-0.2, -0.15) is 0 Å². The smallest absolute Gasteiger partial charge is 0.227 e. The van der Waals surface area contributed by atoms with Gasteiger partial charge < -0.3 is 4.85 Å². The molecule has 0 fully saturated rings. The second kappa shape index (κ2) is 6.33. The van der Waals surface area contributed by atoms with Gasteiger partial charge in [-0.15, -0.1) is 0 Å². The lowest BCUT2D eigenvalue weighted by atomic mass is 9.93. The maximum absolute atomic E-state index is 7.05. The van der Waals surface area contributed by atoms with E-state index in [1.165, 1.54) is 30.4 Å². The van der Waals surface area contributed by atoms with Crippen LogP contribution in [0.15, 0.2) is 24.3 Å². The third-order valence-electron chi connectivity index (χ3n) is 3.25. The lowest BCUT2D eigenvalue weighted by Gasteiger charge is -2.11. The fraction of sp³-hybridized carbons (Fsp3) is 0.533. The largest absolute Gasteiger partial charge is 0.313 e. The highest BCUT2D eigenvalue weighted by Gasteiger charge is 2.17. The Labute approximate surface area is 99.3 Å². The van der Waals surface area contributed by atoms with Gasteiger partial charge in [-0.05, 0) is 24.0 Å². The quantitative estimate of drug-likeness (QED) is 0.639. The molecule has 1 heteroatoms. The maximum atomic E-state index is 7.05. The molecule has 0 saturated carbocycles. The van der Waals surface area contributed by atoms with Crippen molar-refractivity contribution in [1.82, 2.24) is 0 Å². The number of hydrogen-bond acceptors (Lipinski definition) is 0. The van der Waals surface area contributed by atoms with Crippen LogP contribution in [-0.4, -0.2) is 6.04 Å². The molecule has 16 heavy (non-hydrogen) atoms. The summed E-state index contributed by atoms with van der Waals surface area (Å²) in [6, 6.07) is 8.84. The summed E-state index contributed by atoms with van der Waals surface area (Å²) in [7, 11) is 0. The Morgan fingerprint density at radius 3 is 2.31 bits per heavy atom. The van der Waals surface area contributed by atoms with Crippen LogP contribution in [0.5, 0.6) is 0 Å². The Hall–Kier alpha value is -1.29. The molecular formula is C15H21N. The Morgan fingerprint density at radius 2 is 1.81 bits per heavy atom. The number of nitrogens with zero attached hydrogens (tertiary/aromatic N) is 1. The minimum Gasteiger partial charge on any atom is -0.313 e. The van der Waals surface area contributed by atoms with Crippen molar-refractivity contribution in [3.63, 3.8) is 0 Å². The van der Waals surface area contributed by atoms with Gasteiger partial charge >= 0.3 is 0 Å². The molecule has 0 aliphatic carbocycles. The summed E-state index contributed by atoms with van der Waals surface area (Å²) in [5.74, 6) is 0.331. The molecule has 0 aliphatic rings. The van der Waals surface area contributed by atoms with Gasteiger partial charge in [0.2, 0.25) is 6.04 Å². The highest BCUT2D eigenvalue weighted by molar-refractivity contribution is 5.26. The van der Waals surface area contributed by atoms with Crippen molar-refractivity contribution in [2.24, 2.45) is 0 Å². The van der Waals surface area contributed by atoms with E-state index in [-0.39, 0.29) is 6.04 Å². The summed E-state index contributed by atoms with van der Waals surface area (Å²) in [4.78, 5) is 3.59. The lowest BCUT2D eigenvalue weighted by molar-refractivity contribution is 0.684. The molecule has 0 aromatic heterocycles. The van der Waals surface area contributed by atoms with E-state index in [1.807, 2.05) is 6.92 Å². The molecule has 86 valence electrons. The number of rotatable bonds is 5. The molecule has 0 N–H and O–H groups in total. The summed E-state index contributed by atoms with van der Waals surface area (Å²) in [5, 5.41) is 0. The Bertz CT molecular complexity index is 345. The van der Waals surface area contributed by atoms with Crippen LogP contribution >= 0.6 is 0 Å². The van der Waals surface area contributed by atoms with Crippen LogP contribution in [0.3, 0.4) is 0 Å². The third-order valence-corrected chi connectivity index (χ3v) is 3.25. The van der Waals surface area contributed by atoms with E-state index >= 15 is 0 Å². The minimum absolute atomic E-state index is 0.0708. The Kier molecular flexibility index (Phi) is 5.05. The van der Waals surface area contributed by atoms with Crippen molar-refractivity contribution < 1.29 is 0 Å². The fourth-order valence-electron chi connectivity index (χ4n) is 1.76. The van der Waals surface area contributed by atoms with Crippen molar-refractivity contribution in [3.05, 3.63) is 46.8 Å². The molecule has 0 heterocycles. The molecular weight excluding hydrogens is 194 g/mol. The first-order chi connectivity index (χ1) is 7.69. The Balaban J connectivity index is 2.67. The third kappa shape index (κ3) is 3.38. The second-order valence-electron chi connectivity index (χ2n) is 4.50. The number of unbranched alkanes of at least 4 members (excludes halogenated alkanes) is 1. The molecule has 0 aliphatic heterocycles. The van der Waals surface area contributed by atoms with E-state index < -0.39 is 0 Å². The molecule has 1 aromatic rings. The van der Waals surface area contributed by atoms with E-state index in [0.29, 0.717) is 5.92 Å².